The number of fused-ring (bicyclic) bond motifs is 2. The molecule has 1 aromatic rings. The zero-order chi connectivity index (χ0) is 27.0. The smallest absolute Gasteiger partial charge is 0.309 e. The highest BCUT2D eigenvalue weighted by Crippen LogP contribution is 2.67. The molecular weight excluding hydrogens is 477 g/mol. The lowest BCUT2D eigenvalue weighted by molar-refractivity contribution is -0.228. The third-order valence-electron chi connectivity index (χ3n) is 8.73. The van der Waals surface area contributed by atoms with Gasteiger partial charge in [0.1, 0.15) is 17.8 Å². The summed E-state index contributed by atoms with van der Waals surface area (Å²) < 4.78 is 14.2. The maximum Gasteiger partial charge on any atom is 0.309 e. The SMILES string of the molecule is C[C@@H]1[C@]2(F)C[C@@]1(NC(=O)C(=O)N[C@@H](CC(C)(C)C)C(=O)N1C[C@]3(C[C@H]1C#N)C(=O)Nc1ccccc13)C2. The summed E-state index contributed by atoms with van der Waals surface area (Å²) in [7, 11) is 0. The molecule has 4 amide bonds. The van der Waals surface area contributed by atoms with Crippen molar-refractivity contribution in [1.82, 2.24) is 15.5 Å². The lowest BCUT2D eigenvalue weighted by Gasteiger charge is -2.70. The van der Waals surface area contributed by atoms with Crippen LogP contribution in [0.5, 0.6) is 0 Å². The Kier molecular flexibility index (Phi) is 5.45. The van der Waals surface area contributed by atoms with Crippen LogP contribution in [0.1, 0.15) is 58.9 Å². The quantitative estimate of drug-likeness (QED) is 0.534. The molecule has 0 aromatic heterocycles. The maximum atomic E-state index is 14.2. The van der Waals surface area contributed by atoms with E-state index in [1.807, 2.05) is 32.9 Å². The number of rotatable bonds is 4. The summed E-state index contributed by atoms with van der Waals surface area (Å²) in [6, 6.07) is 7.41. The minimum atomic E-state index is -1.27. The summed E-state index contributed by atoms with van der Waals surface area (Å²) in [5.41, 5.74) is -2.02. The van der Waals surface area contributed by atoms with Gasteiger partial charge in [-0.15, -0.1) is 0 Å². The molecule has 37 heavy (non-hydrogen) atoms. The molecule has 2 bridgehead atoms. The van der Waals surface area contributed by atoms with E-state index >= 15 is 0 Å². The van der Waals surface area contributed by atoms with Gasteiger partial charge >= 0.3 is 11.8 Å². The zero-order valence-corrected chi connectivity index (χ0v) is 21.5. The Hall–Kier alpha value is -3.48. The predicted molar refractivity (Wildman–Crippen MR) is 132 cm³/mol. The molecule has 4 fully saturated rings. The third-order valence-corrected chi connectivity index (χ3v) is 8.73. The third kappa shape index (κ3) is 3.78. The number of alkyl halides is 1. The van der Waals surface area contributed by atoms with Gasteiger partial charge in [0.15, 0.2) is 0 Å². The summed E-state index contributed by atoms with van der Waals surface area (Å²) >= 11 is 0. The van der Waals surface area contributed by atoms with Crippen molar-refractivity contribution in [2.75, 3.05) is 11.9 Å². The second-order valence-electron chi connectivity index (χ2n) is 12.4. The molecule has 5 aliphatic rings. The van der Waals surface area contributed by atoms with Crippen molar-refractivity contribution in [3.05, 3.63) is 29.8 Å². The Morgan fingerprint density at radius 2 is 1.92 bits per heavy atom. The minimum absolute atomic E-state index is 0.00513. The lowest BCUT2D eigenvalue weighted by Crippen LogP contribution is -2.83. The van der Waals surface area contributed by atoms with Crippen LogP contribution in [-0.4, -0.2) is 58.4 Å². The average Bonchev–Trinajstić information content (AvgIpc) is 3.34. The zero-order valence-electron chi connectivity index (χ0n) is 21.5. The first-order valence-electron chi connectivity index (χ1n) is 12.7. The number of carbonyl (C=O) groups excluding carboxylic acids is 4. The first kappa shape index (κ1) is 25.2. The number of nitrogens with one attached hydrogen (secondary N) is 3. The molecule has 3 aliphatic carbocycles. The Morgan fingerprint density at radius 3 is 2.51 bits per heavy atom. The molecule has 10 heteroatoms. The highest BCUT2D eigenvalue weighted by Gasteiger charge is 2.76. The van der Waals surface area contributed by atoms with Gasteiger partial charge in [0.25, 0.3) is 0 Å². The fourth-order valence-electron chi connectivity index (χ4n) is 6.54. The normalized spacial score (nSPS) is 33.9. The van der Waals surface area contributed by atoms with Crippen molar-refractivity contribution in [2.45, 2.75) is 82.1 Å². The molecule has 1 aromatic carbocycles. The minimum Gasteiger partial charge on any atom is -0.342 e. The Morgan fingerprint density at radius 1 is 1.24 bits per heavy atom. The predicted octanol–water partition coefficient (Wildman–Crippen LogP) is 1.93. The number of amides is 4. The average molecular weight is 510 g/mol. The van der Waals surface area contributed by atoms with E-state index in [4.69, 9.17) is 0 Å². The van der Waals surface area contributed by atoms with Crippen LogP contribution in [0.4, 0.5) is 10.1 Å². The van der Waals surface area contributed by atoms with Crippen molar-refractivity contribution >= 4 is 29.3 Å². The van der Waals surface area contributed by atoms with Gasteiger partial charge in [0.05, 0.1) is 17.0 Å². The van der Waals surface area contributed by atoms with E-state index in [2.05, 4.69) is 22.0 Å². The summed E-state index contributed by atoms with van der Waals surface area (Å²) in [4.78, 5) is 53.8. The largest absolute Gasteiger partial charge is 0.342 e. The van der Waals surface area contributed by atoms with Crippen molar-refractivity contribution in [1.29, 1.82) is 5.26 Å². The van der Waals surface area contributed by atoms with Crippen LogP contribution >= 0.6 is 0 Å². The number of anilines is 1. The van der Waals surface area contributed by atoms with Crippen LogP contribution in [-0.2, 0) is 24.6 Å². The Bertz CT molecular complexity index is 1240. The number of halogens is 1. The van der Waals surface area contributed by atoms with Gasteiger partial charge < -0.3 is 20.9 Å². The number of likely N-dealkylation sites (tertiary alicyclic amines) is 1. The summed E-state index contributed by atoms with van der Waals surface area (Å²) in [5, 5.41) is 18.0. The van der Waals surface area contributed by atoms with Gasteiger partial charge in [-0.3, -0.25) is 19.2 Å². The molecule has 4 atom stereocenters. The van der Waals surface area contributed by atoms with Crippen LogP contribution in [0.15, 0.2) is 24.3 Å². The number of para-hydroxylation sites is 1. The summed E-state index contributed by atoms with van der Waals surface area (Å²) in [6.45, 7) is 7.40. The molecule has 1 saturated heterocycles. The molecule has 2 aliphatic heterocycles. The molecule has 0 unspecified atom stereocenters. The van der Waals surface area contributed by atoms with E-state index in [0.29, 0.717) is 5.69 Å². The fraction of sp³-hybridized carbons (Fsp3) is 0.593. The van der Waals surface area contributed by atoms with Crippen molar-refractivity contribution in [2.24, 2.45) is 11.3 Å². The highest BCUT2D eigenvalue weighted by atomic mass is 19.1. The molecular formula is C27H32FN5O4. The molecule has 3 N–H and O–H groups in total. The molecule has 2 heterocycles. The monoisotopic (exact) mass is 509 g/mol. The highest BCUT2D eigenvalue weighted by molar-refractivity contribution is 6.35. The van der Waals surface area contributed by atoms with Gasteiger partial charge in [0, 0.05) is 37.4 Å². The van der Waals surface area contributed by atoms with Gasteiger partial charge in [-0.1, -0.05) is 45.9 Å². The molecule has 3 saturated carbocycles. The summed E-state index contributed by atoms with van der Waals surface area (Å²) in [6.07, 6.45) is 0.728. The molecule has 1 spiro atoms. The van der Waals surface area contributed by atoms with E-state index in [9.17, 15) is 28.8 Å². The van der Waals surface area contributed by atoms with Crippen LogP contribution < -0.4 is 16.0 Å². The van der Waals surface area contributed by atoms with Gasteiger partial charge in [-0.25, -0.2) is 4.39 Å². The fourth-order valence-corrected chi connectivity index (χ4v) is 6.54. The van der Waals surface area contributed by atoms with Crippen LogP contribution in [0.25, 0.3) is 0 Å². The van der Waals surface area contributed by atoms with Gasteiger partial charge in [-0.2, -0.15) is 5.26 Å². The van der Waals surface area contributed by atoms with Gasteiger partial charge in [-0.05, 0) is 23.5 Å². The standard InChI is InChI=1S/C27H32FN5O4/c1-15-26(28)12-27(15,13-26)32-21(35)20(34)30-19(10-24(2,3)4)22(36)33-14-25(9-16(33)11-29)17-7-5-6-8-18(17)31-23(25)37/h5-8,15-16,19H,9-10,12-14H2,1-4H3,(H,30,34)(H,31,37)(H,32,35)/t15-,16+,19+,25+,26-,27+/m1/s1. The number of hydrogen-bond acceptors (Lipinski definition) is 5. The molecule has 9 nitrogen and oxygen atoms in total. The second kappa shape index (κ2) is 8.01. The first-order valence-corrected chi connectivity index (χ1v) is 12.7. The van der Waals surface area contributed by atoms with E-state index in [0.717, 1.165) is 5.56 Å². The van der Waals surface area contributed by atoms with E-state index in [1.165, 1.54) is 4.90 Å². The molecule has 0 radical (unpaired) electrons. The number of benzene rings is 1. The first-order chi connectivity index (χ1) is 17.2. The van der Waals surface area contributed by atoms with Crippen molar-refractivity contribution in [3.63, 3.8) is 0 Å². The maximum absolute atomic E-state index is 14.2. The van der Waals surface area contributed by atoms with Gasteiger partial charge in [0.2, 0.25) is 11.8 Å². The van der Waals surface area contributed by atoms with Crippen LogP contribution in [0.3, 0.4) is 0 Å². The topological polar surface area (TPSA) is 131 Å². The molecule has 196 valence electrons. The summed E-state index contributed by atoms with van der Waals surface area (Å²) in [5.74, 6) is -3.02. The second-order valence-corrected chi connectivity index (χ2v) is 12.4. The van der Waals surface area contributed by atoms with Crippen LogP contribution in [0, 0.1) is 22.7 Å². The Labute approximate surface area is 215 Å². The van der Waals surface area contributed by atoms with Crippen molar-refractivity contribution < 1.29 is 23.6 Å². The van der Waals surface area contributed by atoms with E-state index < -0.39 is 51.8 Å². The Balaban J connectivity index is 1.35. The number of nitrogens with zero attached hydrogens (tertiary/aromatic N) is 2. The number of carbonyl (C=O) groups is 4. The van der Waals surface area contributed by atoms with E-state index in [-0.39, 0.29) is 44.1 Å². The van der Waals surface area contributed by atoms with E-state index in [1.54, 1.807) is 19.1 Å². The van der Waals surface area contributed by atoms with Crippen LogP contribution in [0.2, 0.25) is 0 Å². The number of hydrogen-bond donors (Lipinski definition) is 3. The number of nitriles is 1. The van der Waals surface area contributed by atoms with Crippen molar-refractivity contribution in [3.8, 4) is 6.07 Å². The molecule has 6 rings (SSSR count). The lowest BCUT2D eigenvalue weighted by atomic mass is 9.40.